The van der Waals surface area contributed by atoms with Gasteiger partial charge in [-0.2, -0.15) is 0 Å². The van der Waals surface area contributed by atoms with E-state index < -0.39 is 0 Å². The van der Waals surface area contributed by atoms with Crippen molar-refractivity contribution in [2.75, 3.05) is 0 Å². The fourth-order valence-electron chi connectivity index (χ4n) is 3.10. The standard InChI is InChI=1S/C24H3Br15O3/c25-7-10(28)16(34)22(17(35)11(7)29)40-4-1-5(41-23-18(36)12(30)8(26)13(31)19(23)37)3-6(2-4)42-24-20(38)14(32)9(27)15(33)21(24)39/h1-3H. The minimum Gasteiger partial charge on any atom is -0.455 e. The summed E-state index contributed by atoms with van der Waals surface area (Å²) in [6.45, 7) is 0. The zero-order valence-electron chi connectivity index (χ0n) is 19.1. The van der Waals surface area contributed by atoms with Crippen molar-refractivity contribution in [3.05, 3.63) is 85.3 Å². The summed E-state index contributed by atoms with van der Waals surface area (Å²) in [5.74, 6) is 2.88. The highest BCUT2D eigenvalue weighted by Crippen LogP contribution is 2.54. The fourth-order valence-corrected chi connectivity index (χ4v) is 12.6. The summed E-state index contributed by atoms with van der Waals surface area (Å²) in [5, 5.41) is 0. The summed E-state index contributed by atoms with van der Waals surface area (Å²) >= 11 is 54.1. The number of ether oxygens (including phenoxy) is 3. The summed E-state index contributed by atoms with van der Waals surface area (Å²) < 4.78 is 30.5. The molecule has 42 heavy (non-hydrogen) atoms. The van der Waals surface area contributed by atoms with E-state index >= 15 is 0 Å². The van der Waals surface area contributed by atoms with E-state index in [1.54, 1.807) is 18.2 Å². The van der Waals surface area contributed by atoms with E-state index in [0.29, 0.717) is 61.3 Å². The molecule has 0 aliphatic rings. The van der Waals surface area contributed by atoms with E-state index in [-0.39, 0.29) is 0 Å². The molecule has 0 saturated carbocycles. The Morgan fingerprint density at radius 3 is 0.548 bits per heavy atom. The van der Waals surface area contributed by atoms with Gasteiger partial charge in [0.15, 0.2) is 17.2 Å². The SMILES string of the molecule is Brc1c(Br)c(Br)c(Oc2cc(Oc3c(Br)c(Br)c(Br)c(Br)c3Br)cc(Oc3c(Br)c(Br)c(Br)c(Br)c3Br)c2)c(Br)c1Br. The molecule has 4 aromatic carbocycles. The van der Waals surface area contributed by atoms with Crippen LogP contribution in [0.4, 0.5) is 0 Å². The van der Waals surface area contributed by atoms with Crippen LogP contribution in [0, 0.1) is 0 Å². The lowest BCUT2D eigenvalue weighted by atomic mass is 10.2. The molecular formula is C24H3Br15O3. The molecule has 0 N–H and O–H groups in total. The van der Waals surface area contributed by atoms with Crippen LogP contribution in [-0.4, -0.2) is 0 Å². The largest absolute Gasteiger partial charge is 0.455 e. The zero-order chi connectivity index (χ0) is 31.4. The maximum Gasteiger partial charge on any atom is 0.158 e. The Kier molecular flexibility index (Phi) is 14.6. The van der Waals surface area contributed by atoms with Gasteiger partial charge in [-0.1, -0.05) is 0 Å². The van der Waals surface area contributed by atoms with E-state index in [9.17, 15) is 0 Å². The summed E-state index contributed by atoms with van der Waals surface area (Å²) in [4.78, 5) is 0. The molecule has 18 heteroatoms. The van der Waals surface area contributed by atoms with Crippen molar-refractivity contribution in [2.24, 2.45) is 0 Å². The van der Waals surface area contributed by atoms with E-state index in [0.717, 1.165) is 40.3 Å². The smallest absolute Gasteiger partial charge is 0.158 e. The van der Waals surface area contributed by atoms with Crippen molar-refractivity contribution < 1.29 is 14.2 Å². The van der Waals surface area contributed by atoms with Gasteiger partial charge in [0.25, 0.3) is 0 Å². The van der Waals surface area contributed by atoms with Gasteiger partial charge in [-0.15, -0.1) is 0 Å². The first-order valence-corrected chi connectivity index (χ1v) is 22.2. The van der Waals surface area contributed by atoms with Crippen LogP contribution in [0.15, 0.2) is 85.3 Å². The molecule has 0 radical (unpaired) electrons. The number of rotatable bonds is 6. The highest BCUT2D eigenvalue weighted by molar-refractivity contribution is 9.17. The van der Waals surface area contributed by atoms with Crippen LogP contribution in [0.2, 0.25) is 0 Å². The van der Waals surface area contributed by atoms with E-state index in [2.05, 4.69) is 239 Å². The number of hydrogen-bond donors (Lipinski definition) is 0. The molecule has 0 heterocycles. The molecule has 0 amide bonds. The van der Waals surface area contributed by atoms with Crippen LogP contribution in [-0.2, 0) is 0 Å². The molecule has 0 bridgehead atoms. The second-order valence-corrected chi connectivity index (χ2v) is 19.5. The quantitative estimate of drug-likeness (QED) is 0.142. The van der Waals surface area contributed by atoms with Crippen molar-refractivity contribution in [1.82, 2.24) is 0 Å². The zero-order valence-corrected chi connectivity index (χ0v) is 42.9. The lowest BCUT2D eigenvalue weighted by Crippen LogP contribution is -1.96. The molecule has 3 nitrogen and oxygen atoms in total. The van der Waals surface area contributed by atoms with E-state index in [1.807, 2.05) is 0 Å². The van der Waals surface area contributed by atoms with Crippen LogP contribution in [0.1, 0.15) is 0 Å². The first kappa shape index (κ1) is 38.3. The Hall–Kier alpha value is 3.48. The minimum absolute atomic E-state index is 0.440. The first-order chi connectivity index (χ1) is 19.6. The highest BCUT2D eigenvalue weighted by Gasteiger charge is 2.24. The number of hydrogen-bond acceptors (Lipinski definition) is 3. The van der Waals surface area contributed by atoms with Gasteiger partial charge in [0.1, 0.15) is 17.2 Å². The van der Waals surface area contributed by atoms with Gasteiger partial charge in [-0.05, 0) is 239 Å². The topological polar surface area (TPSA) is 27.7 Å². The fraction of sp³-hybridized carbons (Fsp3) is 0. The third kappa shape index (κ3) is 7.93. The molecule has 0 fully saturated rings. The second kappa shape index (κ2) is 16.0. The van der Waals surface area contributed by atoms with Crippen LogP contribution < -0.4 is 14.2 Å². The van der Waals surface area contributed by atoms with Crippen LogP contribution >= 0.6 is 239 Å². The predicted molar refractivity (Wildman–Crippen MR) is 221 cm³/mol. The van der Waals surface area contributed by atoms with Crippen LogP contribution in [0.5, 0.6) is 34.5 Å². The van der Waals surface area contributed by atoms with Gasteiger partial charge >= 0.3 is 0 Å². The van der Waals surface area contributed by atoms with Crippen LogP contribution in [0.25, 0.3) is 0 Å². The summed E-state index contributed by atoms with van der Waals surface area (Å²) in [6.07, 6.45) is 0. The molecule has 222 valence electrons. The highest BCUT2D eigenvalue weighted by atomic mass is 79.9. The second-order valence-electron chi connectivity index (χ2n) is 7.64. The summed E-state index contributed by atoms with van der Waals surface area (Å²) in [6, 6.07) is 5.28. The predicted octanol–water partition coefficient (Wildman–Crippen LogP) is 18.5. The van der Waals surface area contributed by atoms with Gasteiger partial charge in [0.2, 0.25) is 0 Å². The van der Waals surface area contributed by atoms with Gasteiger partial charge in [-0.3, -0.25) is 0 Å². The summed E-state index contributed by atoms with van der Waals surface area (Å²) in [5.41, 5.74) is 0. The molecule has 0 aliphatic carbocycles. The summed E-state index contributed by atoms with van der Waals surface area (Å²) in [7, 11) is 0. The Morgan fingerprint density at radius 1 is 0.238 bits per heavy atom. The average Bonchev–Trinajstić information content (AvgIpc) is 2.97. The maximum atomic E-state index is 6.43. The third-order valence-corrected chi connectivity index (χ3v) is 23.1. The monoisotopic (exact) mass is 1520 g/mol. The van der Waals surface area contributed by atoms with Crippen molar-refractivity contribution in [3.8, 4) is 34.5 Å². The van der Waals surface area contributed by atoms with Crippen molar-refractivity contribution in [1.29, 1.82) is 0 Å². The van der Waals surface area contributed by atoms with Crippen molar-refractivity contribution >= 4 is 239 Å². The minimum atomic E-state index is 0.440. The number of benzene rings is 4. The molecule has 0 atom stereocenters. The molecule has 0 saturated heterocycles. The van der Waals surface area contributed by atoms with Crippen molar-refractivity contribution in [2.45, 2.75) is 0 Å². The van der Waals surface area contributed by atoms with Crippen LogP contribution in [0.3, 0.4) is 0 Å². The molecule has 0 aromatic heterocycles. The van der Waals surface area contributed by atoms with Crippen molar-refractivity contribution in [3.63, 3.8) is 0 Å². The number of halogens is 15. The maximum absolute atomic E-state index is 6.43. The van der Waals surface area contributed by atoms with E-state index in [1.165, 1.54) is 0 Å². The van der Waals surface area contributed by atoms with Gasteiger partial charge in [0, 0.05) is 31.6 Å². The van der Waals surface area contributed by atoms with Gasteiger partial charge < -0.3 is 14.2 Å². The molecule has 0 spiro atoms. The molecular weight excluding hydrogens is 1530 g/mol. The lowest BCUT2D eigenvalue weighted by molar-refractivity contribution is 0.433. The van der Waals surface area contributed by atoms with Gasteiger partial charge in [0.05, 0.1) is 53.7 Å². The Balaban J connectivity index is 1.90. The normalized spacial score (nSPS) is 11.2. The molecule has 0 unspecified atom stereocenters. The molecule has 4 rings (SSSR count). The van der Waals surface area contributed by atoms with Gasteiger partial charge in [-0.25, -0.2) is 0 Å². The third-order valence-electron chi connectivity index (χ3n) is 5.02. The Bertz CT molecular complexity index is 1470. The first-order valence-electron chi connectivity index (χ1n) is 10.3. The Labute approximate surface area is 366 Å². The van der Waals surface area contributed by atoms with E-state index in [4.69, 9.17) is 14.2 Å². The average molecular weight is 1540 g/mol. The molecule has 0 aliphatic heterocycles. The lowest BCUT2D eigenvalue weighted by Gasteiger charge is -2.19. The Morgan fingerprint density at radius 2 is 0.381 bits per heavy atom. The molecule has 4 aromatic rings.